The predicted molar refractivity (Wildman–Crippen MR) is 312 cm³/mol. The smallest absolute Gasteiger partial charge is 0.229 e. The molecule has 4 aromatic carbocycles. The van der Waals surface area contributed by atoms with Gasteiger partial charge >= 0.3 is 0 Å². The maximum Gasteiger partial charge on any atom is 0.229 e. The summed E-state index contributed by atoms with van der Waals surface area (Å²) in [7, 11) is 0. The summed E-state index contributed by atoms with van der Waals surface area (Å²) in [5.41, 5.74) is 9.34. The lowest BCUT2D eigenvalue weighted by atomic mass is 9.93. The van der Waals surface area contributed by atoms with Crippen LogP contribution in [0, 0.1) is 21.7 Å². The minimum absolute atomic E-state index is 0.165. The number of carbonyl (C=O) groups is 4. The highest BCUT2D eigenvalue weighted by atomic mass is 16.2. The number of rotatable bonds is 8. The summed E-state index contributed by atoms with van der Waals surface area (Å²) in [5, 5.41) is 12.8. The molecular formula is C64H64N8O4. The van der Waals surface area contributed by atoms with Gasteiger partial charge in [0.25, 0.3) is 0 Å². The normalized spacial score (nSPS) is 16.3. The third-order valence-electron chi connectivity index (χ3n) is 13.1. The van der Waals surface area contributed by atoms with Gasteiger partial charge in [0.1, 0.15) is 0 Å². The topological polar surface area (TPSA) is 166 Å². The van der Waals surface area contributed by atoms with Crippen LogP contribution in [0.15, 0.2) is 188 Å². The van der Waals surface area contributed by atoms with Crippen molar-refractivity contribution >= 4 is 91.5 Å². The van der Waals surface area contributed by atoms with Crippen molar-refractivity contribution < 1.29 is 19.2 Å². The van der Waals surface area contributed by atoms with Crippen molar-refractivity contribution in [2.24, 2.45) is 41.6 Å². The predicted octanol–water partition coefficient (Wildman–Crippen LogP) is 13.6. The quantitative estimate of drug-likeness (QED) is 0.138. The van der Waals surface area contributed by atoms with Crippen molar-refractivity contribution in [1.82, 2.24) is 0 Å². The van der Waals surface area contributed by atoms with E-state index in [1.807, 2.05) is 229 Å². The van der Waals surface area contributed by atoms with Gasteiger partial charge in [-0.05, 0) is 72.9 Å². The summed E-state index contributed by atoms with van der Waals surface area (Å²) < 4.78 is 0. The molecule has 76 heavy (non-hydrogen) atoms. The molecule has 4 N–H and O–H groups in total. The molecule has 4 amide bonds. The first kappa shape index (κ1) is 52.2. The molecule has 0 radical (unpaired) electrons. The summed E-state index contributed by atoms with van der Waals surface area (Å²) >= 11 is 0. The van der Waals surface area contributed by atoms with Gasteiger partial charge in [0, 0.05) is 89.0 Å². The number of para-hydroxylation sites is 4. The van der Waals surface area contributed by atoms with Crippen molar-refractivity contribution in [3.8, 4) is 0 Å². The third-order valence-corrected chi connectivity index (χ3v) is 13.1. The molecule has 0 fully saturated rings. The van der Waals surface area contributed by atoms with E-state index in [0.717, 1.165) is 0 Å². The molecule has 5 aliphatic heterocycles. The van der Waals surface area contributed by atoms with Crippen LogP contribution in [0.2, 0.25) is 0 Å². The van der Waals surface area contributed by atoms with Crippen LogP contribution < -0.4 is 21.3 Å². The van der Waals surface area contributed by atoms with E-state index in [9.17, 15) is 19.2 Å². The number of hydrogen-bond donors (Lipinski definition) is 4. The molecule has 0 saturated heterocycles. The second-order valence-electron chi connectivity index (χ2n) is 23.4. The van der Waals surface area contributed by atoms with Crippen LogP contribution in [-0.4, -0.2) is 46.5 Å². The lowest BCUT2D eigenvalue weighted by Crippen LogP contribution is -2.28. The van der Waals surface area contributed by atoms with E-state index < -0.39 is 21.7 Å². The Balaban J connectivity index is 1.39. The molecule has 9 rings (SSSR count). The highest BCUT2D eigenvalue weighted by Crippen LogP contribution is 2.43. The molecule has 0 aliphatic carbocycles. The van der Waals surface area contributed by atoms with E-state index in [0.29, 0.717) is 113 Å². The minimum atomic E-state index is -0.703. The van der Waals surface area contributed by atoms with Crippen molar-refractivity contribution in [1.29, 1.82) is 0 Å². The highest BCUT2D eigenvalue weighted by Gasteiger charge is 2.33. The van der Waals surface area contributed by atoms with Crippen LogP contribution in [0.1, 0.15) is 105 Å². The fourth-order valence-corrected chi connectivity index (χ4v) is 8.67. The average Bonchev–Trinajstić information content (AvgIpc) is 4.22. The van der Waals surface area contributed by atoms with Crippen LogP contribution in [-0.2, 0) is 19.2 Å². The zero-order valence-electron chi connectivity index (χ0n) is 45.3. The van der Waals surface area contributed by atoms with Crippen LogP contribution in [0.25, 0.3) is 22.3 Å². The molecule has 0 atom stereocenters. The van der Waals surface area contributed by atoms with Gasteiger partial charge < -0.3 is 21.3 Å². The second-order valence-corrected chi connectivity index (χ2v) is 23.4. The lowest BCUT2D eigenvalue weighted by Gasteiger charge is -2.21. The summed E-state index contributed by atoms with van der Waals surface area (Å²) in [6.45, 7) is 22.4. The number of hydrogen-bond acceptors (Lipinski definition) is 8. The van der Waals surface area contributed by atoms with E-state index in [4.69, 9.17) is 20.0 Å². The Morgan fingerprint density at radius 1 is 0.289 bits per heavy atom. The Hall–Kier alpha value is -8.64. The Kier molecular flexibility index (Phi) is 13.7. The molecule has 0 unspecified atom stereocenters. The monoisotopic (exact) mass is 1010 g/mol. The van der Waals surface area contributed by atoms with Gasteiger partial charge in [-0.15, -0.1) is 0 Å². The van der Waals surface area contributed by atoms with E-state index in [-0.39, 0.29) is 23.6 Å². The SMILES string of the molecule is CC(C)(C)C(=O)Nc1ccccc1C1=C2C=CC(=N2)C(c2ccccc2NC(=O)C(C)(C)C)=C2C=CC(=N2)C(c2ccccc2NC(=O)C(C)(C)C)=C2C=CC(=N2)C(c2ccccc2NC(=O)C(C)(C)C)=C2C=CC1=N2. The molecule has 5 heterocycles. The van der Waals surface area contributed by atoms with Crippen molar-refractivity contribution in [2.45, 2.75) is 83.1 Å². The van der Waals surface area contributed by atoms with Crippen molar-refractivity contribution in [3.05, 3.63) is 191 Å². The van der Waals surface area contributed by atoms with Gasteiger partial charge in [-0.1, -0.05) is 156 Å². The second kappa shape index (κ2) is 19.9. The summed E-state index contributed by atoms with van der Waals surface area (Å²) in [6, 6.07) is 30.5. The Labute approximate surface area is 445 Å². The fourth-order valence-electron chi connectivity index (χ4n) is 8.67. The molecule has 12 nitrogen and oxygen atoms in total. The fraction of sp³-hybridized carbons (Fsp3) is 0.250. The van der Waals surface area contributed by atoms with Gasteiger partial charge in [-0.2, -0.15) is 0 Å². The maximum atomic E-state index is 13.8. The number of allylic oxidation sites excluding steroid dienone is 12. The zero-order valence-corrected chi connectivity index (χ0v) is 45.3. The van der Waals surface area contributed by atoms with Gasteiger partial charge in [0.2, 0.25) is 23.6 Å². The first-order chi connectivity index (χ1) is 35.9. The molecule has 12 heteroatoms. The number of aliphatic imine (C=N–C) groups is 4. The van der Waals surface area contributed by atoms with Gasteiger partial charge in [0.05, 0.1) is 45.6 Å². The maximum absolute atomic E-state index is 13.8. The molecule has 4 aromatic rings. The number of nitrogens with zero attached hydrogens (tertiary/aromatic N) is 4. The van der Waals surface area contributed by atoms with Crippen LogP contribution in [0.5, 0.6) is 0 Å². The van der Waals surface area contributed by atoms with Crippen molar-refractivity contribution in [3.63, 3.8) is 0 Å². The van der Waals surface area contributed by atoms with E-state index in [1.54, 1.807) is 0 Å². The average molecular weight is 1010 g/mol. The molecule has 0 aromatic heterocycles. The first-order valence-corrected chi connectivity index (χ1v) is 25.6. The van der Waals surface area contributed by atoms with E-state index >= 15 is 0 Å². The number of anilines is 4. The number of carbonyl (C=O) groups excluding carboxylic acids is 4. The Morgan fingerprint density at radius 3 is 0.658 bits per heavy atom. The number of fused-ring (bicyclic) bond motifs is 4. The van der Waals surface area contributed by atoms with Crippen LogP contribution in [0.4, 0.5) is 22.7 Å². The first-order valence-electron chi connectivity index (χ1n) is 25.6. The van der Waals surface area contributed by atoms with Crippen molar-refractivity contribution in [2.75, 3.05) is 21.3 Å². The number of amides is 4. The zero-order chi connectivity index (χ0) is 54.5. The standard InChI is InChI=1S/C64H64N8O4/c1-61(2,3)57(73)69-41-25-17-13-21-37(41)53-45-29-31-47(65-45)54(38-22-14-18-26-42(38)70-58(74)62(4,5)6)49-33-35-51(67-49)56(40-24-16-20-28-44(40)72-60(76)64(10,11)12)52-36-34-50(68-52)55(48-32-30-46(53)66-48)39-23-15-19-27-43(39)71-59(75)63(7,8)9/h13-36H,1-12H3,(H,69,73)(H,70,74)(H,71,75)(H,72,76). The van der Waals surface area contributed by atoms with E-state index in [1.165, 1.54) is 0 Å². The largest absolute Gasteiger partial charge is 0.325 e. The molecule has 0 spiro atoms. The summed E-state index contributed by atoms with van der Waals surface area (Å²) in [5.74, 6) is -0.660. The lowest BCUT2D eigenvalue weighted by molar-refractivity contribution is -0.123. The molecule has 0 saturated carbocycles. The summed E-state index contributed by atoms with van der Waals surface area (Å²) in [4.78, 5) is 77.0. The van der Waals surface area contributed by atoms with Crippen LogP contribution >= 0.6 is 0 Å². The molecule has 5 aliphatic rings. The Morgan fingerprint density at radius 2 is 0.474 bits per heavy atom. The molecule has 384 valence electrons. The summed E-state index contributed by atoms with van der Waals surface area (Å²) in [6.07, 6.45) is 15.5. The minimum Gasteiger partial charge on any atom is -0.325 e. The Bertz CT molecular complexity index is 3100. The van der Waals surface area contributed by atoms with Gasteiger partial charge in [-0.3, -0.25) is 19.2 Å². The molecule has 8 bridgehead atoms. The molecular weight excluding hydrogens is 945 g/mol. The van der Waals surface area contributed by atoms with E-state index in [2.05, 4.69) is 21.3 Å². The number of nitrogens with one attached hydrogen (secondary N) is 4. The number of benzene rings is 4. The van der Waals surface area contributed by atoms with Gasteiger partial charge in [-0.25, -0.2) is 20.0 Å². The third kappa shape index (κ3) is 10.7. The van der Waals surface area contributed by atoms with Crippen LogP contribution in [0.3, 0.4) is 0 Å². The highest BCUT2D eigenvalue weighted by molar-refractivity contribution is 6.41. The van der Waals surface area contributed by atoms with Gasteiger partial charge in [0.15, 0.2) is 0 Å².